The Morgan fingerprint density at radius 2 is 2.10 bits per heavy atom. The molecule has 0 aliphatic rings. The van der Waals surface area contributed by atoms with Crippen LogP contribution in [-0.4, -0.2) is 29.9 Å². The zero-order valence-electron chi connectivity index (χ0n) is 5.40. The lowest BCUT2D eigenvalue weighted by atomic mass is 10.3. The average molecular weight is 166 g/mol. The zero-order valence-corrected chi connectivity index (χ0v) is 6.21. The lowest BCUT2D eigenvalue weighted by Gasteiger charge is -2.00. The van der Waals surface area contributed by atoms with Gasteiger partial charge in [-0.1, -0.05) is 6.08 Å². The van der Waals surface area contributed by atoms with E-state index in [1.807, 2.05) is 0 Å². The fourth-order valence-corrected chi connectivity index (χ4v) is 0.927. The van der Waals surface area contributed by atoms with Crippen molar-refractivity contribution in [3.05, 3.63) is 12.7 Å². The van der Waals surface area contributed by atoms with E-state index in [-0.39, 0.29) is 6.42 Å². The van der Waals surface area contributed by atoms with E-state index >= 15 is 0 Å². The summed E-state index contributed by atoms with van der Waals surface area (Å²) in [5.74, 6) is -0.430. The van der Waals surface area contributed by atoms with E-state index in [1.165, 1.54) is 6.08 Å². The minimum absolute atomic E-state index is 0.0116. The van der Waals surface area contributed by atoms with E-state index in [2.05, 4.69) is 6.58 Å². The van der Waals surface area contributed by atoms with E-state index in [0.717, 1.165) is 0 Å². The third-order valence-corrected chi connectivity index (χ3v) is 1.70. The van der Waals surface area contributed by atoms with Gasteiger partial charge in [-0.05, 0) is 6.42 Å². The summed E-state index contributed by atoms with van der Waals surface area (Å²) in [4.78, 5) is 0. The third-order valence-electron chi connectivity index (χ3n) is 0.944. The van der Waals surface area contributed by atoms with Gasteiger partial charge in [-0.15, -0.1) is 6.58 Å². The molecule has 0 bridgehead atoms. The molecule has 0 aliphatic carbocycles. The average Bonchev–Trinajstić information content (AvgIpc) is 1.81. The minimum Gasteiger partial charge on any atom is -0.389 e. The first-order valence-corrected chi connectivity index (χ1v) is 4.32. The van der Waals surface area contributed by atoms with Crippen molar-refractivity contribution in [3.63, 3.8) is 0 Å². The Bertz CT molecular complexity index is 194. The SMILES string of the molecule is C=CC(O)CCS(=O)(=O)O. The van der Waals surface area contributed by atoms with Crippen molar-refractivity contribution in [2.45, 2.75) is 12.5 Å². The highest BCUT2D eigenvalue weighted by Crippen LogP contribution is 1.95. The van der Waals surface area contributed by atoms with E-state index in [0.29, 0.717) is 0 Å². The van der Waals surface area contributed by atoms with E-state index in [1.54, 1.807) is 0 Å². The highest BCUT2D eigenvalue weighted by Gasteiger charge is 2.06. The third kappa shape index (κ3) is 5.74. The lowest BCUT2D eigenvalue weighted by molar-refractivity contribution is 0.219. The summed E-state index contributed by atoms with van der Waals surface area (Å²) in [5, 5.41) is 8.73. The van der Waals surface area contributed by atoms with Gasteiger partial charge in [0.1, 0.15) is 0 Å². The number of aliphatic hydroxyl groups excluding tert-OH is 1. The monoisotopic (exact) mass is 166 g/mol. The van der Waals surface area contributed by atoms with Crippen LogP contribution in [0.2, 0.25) is 0 Å². The molecule has 0 spiro atoms. The predicted molar refractivity (Wildman–Crippen MR) is 37.2 cm³/mol. The molecule has 10 heavy (non-hydrogen) atoms. The molecule has 0 rings (SSSR count). The van der Waals surface area contributed by atoms with Gasteiger partial charge in [-0.25, -0.2) is 0 Å². The van der Waals surface area contributed by atoms with Crippen LogP contribution in [0.25, 0.3) is 0 Å². The smallest absolute Gasteiger partial charge is 0.264 e. The number of hydrogen-bond donors (Lipinski definition) is 2. The molecular formula is C5H10O4S. The maximum atomic E-state index is 10.1. The van der Waals surface area contributed by atoms with Crippen molar-refractivity contribution in [2.24, 2.45) is 0 Å². The molecule has 60 valence electrons. The molecule has 1 atom stereocenters. The molecule has 0 aliphatic heterocycles. The van der Waals surface area contributed by atoms with Crippen LogP contribution in [0.4, 0.5) is 0 Å². The van der Waals surface area contributed by atoms with Crippen molar-refractivity contribution in [2.75, 3.05) is 5.75 Å². The number of aliphatic hydroxyl groups is 1. The fourth-order valence-electron chi connectivity index (χ4n) is 0.388. The largest absolute Gasteiger partial charge is 0.389 e. The molecule has 4 nitrogen and oxygen atoms in total. The van der Waals surface area contributed by atoms with Gasteiger partial charge in [0.2, 0.25) is 0 Å². The second kappa shape index (κ2) is 3.70. The van der Waals surface area contributed by atoms with E-state index < -0.39 is 22.0 Å². The van der Waals surface area contributed by atoms with Crippen LogP contribution < -0.4 is 0 Å². The molecule has 0 saturated carbocycles. The summed E-state index contributed by atoms with van der Waals surface area (Å²) in [7, 11) is -3.94. The molecular weight excluding hydrogens is 156 g/mol. The fraction of sp³-hybridized carbons (Fsp3) is 0.600. The Morgan fingerprint density at radius 1 is 1.60 bits per heavy atom. The summed E-state index contributed by atoms with van der Waals surface area (Å²) in [6, 6.07) is 0. The second-order valence-corrected chi connectivity index (χ2v) is 3.45. The Morgan fingerprint density at radius 3 is 2.40 bits per heavy atom. The molecule has 0 saturated heterocycles. The molecule has 0 heterocycles. The van der Waals surface area contributed by atoms with Gasteiger partial charge in [-0.2, -0.15) is 8.42 Å². The Kier molecular flexibility index (Phi) is 3.55. The van der Waals surface area contributed by atoms with Gasteiger partial charge in [0.05, 0.1) is 11.9 Å². The second-order valence-electron chi connectivity index (χ2n) is 1.88. The van der Waals surface area contributed by atoms with Crippen molar-refractivity contribution in [1.82, 2.24) is 0 Å². The van der Waals surface area contributed by atoms with Gasteiger partial charge in [0, 0.05) is 0 Å². The molecule has 0 fully saturated rings. The highest BCUT2D eigenvalue weighted by atomic mass is 32.2. The summed E-state index contributed by atoms with van der Waals surface area (Å²) in [6.07, 6.45) is 0.343. The Hall–Kier alpha value is -0.390. The molecule has 2 N–H and O–H groups in total. The van der Waals surface area contributed by atoms with E-state index in [4.69, 9.17) is 9.66 Å². The highest BCUT2D eigenvalue weighted by molar-refractivity contribution is 7.85. The van der Waals surface area contributed by atoms with E-state index in [9.17, 15) is 8.42 Å². The molecule has 0 aromatic carbocycles. The zero-order chi connectivity index (χ0) is 8.20. The molecule has 0 amide bonds. The van der Waals surface area contributed by atoms with Crippen molar-refractivity contribution in [3.8, 4) is 0 Å². The molecule has 0 radical (unpaired) electrons. The molecule has 0 aromatic heterocycles. The Balaban J connectivity index is 3.66. The summed E-state index contributed by atoms with van der Waals surface area (Å²) >= 11 is 0. The van der Waals surface area contributed by atoms with Gasteiger partial charge in [0.25, 0.3) is 10.1 Å². The summed E-state index contributed by atoms with van der Waals surface area (Å²) < 4.78 is 28.3. The van der Waals surface area contributed by atoms with Crippen LogP contribution in [0.1, 0.15) is 6.42 Å². The standard InChI is InChI=1S/C5H10O4S/c1-2-5(6)3-4-10(7,8)9/h2,5-6H,1,3-4H2,(H,7,8,9). The van der Waals surface area contributed by atoms with Crippen LogP contribution in [0, 0.1) is 0 Å². The topological polar surface area (TPSA) is 74.6 Å². The minimum atomic E-state index is -3.94. The van der Waals surface area contributed by atoms with Gasteiger partial charge < -0.3 is 5.11 Å². The maximum Gasteiger partial charge on any atom is 0.264 e. The van der Waals surface area contributed by atoms with Crippen LogP contribution in [-0.2, 0) is 10.1 Å². The van der Waals surface area contributed by atoms with Crippen LogP contribution in [0.5, 0.6) is 0 Å². The molecule has 5 heteroatoms. The summed E-state index contributed by atoms with van der Waals surface area (Å²) in [5.41, 5.74) is 0. The van der Waals surface area contributed by atoms with Crippen molar-refractivity contribution >= 4 is 10.1 Å². The van der Waals surface area contributed by atoms with Crippen molar-refractivity contribution < 1.29 is 18.1 Å². The van der Waals surface area contributed by atoms with Gasteiger partial charge in [-0.3, -0.25) is 4.55 Å². The predicted octanol–water partition coefficient (Wildman–Crippen LogP) is -0.189. The van der Waals surface area contributed by atoms with Gasteiger partial charge in [0.15, 0.2) is 0 Å². The normalized spacial score (nSPS) is 14.6. The quantitative estimate of drug-likeness (QED) is 0.448. The van der Waals surface area contributed by atoms with Crippen molar-refractivity contribution in [1.29, 1.82) is 0 Å². The first-order chi connectivity index (χ1) is 4.45. The number of rotatable bonds is 4. The first-order valence-electron chi connectivity index (χ1n) is 2.71. The number of hydrogen-bond acceptors (Lipinski definition) is 3. The van der Waals surface area contributed by atoms with Gasteiger partial charge >= 0.3 is 0 Å². The first kappa shape index (κ1) is 9.61. The summed E-state index contributed by atoms with van der Waals surface area (Å²) in [6.45, 7) is 3.23. The molecule has 1 unspecified atom stereocenters. The lowest BCUT2D eigenvalue weighted by Crippen LogP contribution is -2.11. The molecule has 0 aromatic rings. The van der Waals surface area contributed by atoms with Crippen LogP contribution in [0.15, 0.2) is 12.7 Å². The maximum absolute atomic E-state index is 10.1. The Labute approximate surface area is 59.9 Å². The van der Waals surface area contributed by atoms with Crippen LogP contribution in [0.3, 0.4) is 0 Å². The van der Waals surface area contributed by atoms with Crippen LogP contribution >= 0.6 is 0 Å².